The molecule has 1 N–H and O–H groups in total. The highest BCUT2D eigenvalue weighted by molar-refractivity contribution is 5.78. The third-order valence-electron chi connectivity index (χ3n) is 6.06. The van der Waals surface area contributed by atoms with E-state index in [0.717, 1.165) is 22.3 Å². The summed E-state index contributed by atoms with van der Waals surface area (Å²) < 4.78 is 19.6. The highest BCUT2D eigenvalue weighted by atomic mass is 16.5. The molecule has 0 atom stereocenters. The normalized spacial score (nSPS) is 20.4. The van der Waals surface area contributed by atoms with Crippen LogP contribution in [0.5, 0.6) is 11.5 Å². The van der Waals surface area contributed by atoms with E-state index in [2.05, 4.69) is 36.9 Å². The Bertz CT molecular complexity index is 1080. The maximum Gasteiger partial charge on any atom is 0.214 e. The number of nitrogens with one attached hydrogen (secondary N) is 1. The summed E-state index contributed by atoms with van der Waals surface area (Å²) in [6.45, 7) is 2.43. The van der Waals surface area contributed by atoms with Gasteiger partial charge >= 0.3 is 0 Å². The summed E-state index contributed by atoms with van der Waals surface area (Å²) in [4.78, 5) is 1.62. The van der Waals surface area contributed by atoms with E-state index in [0.29, 0.717) is 17.5 Å². The van der Waals surface area contributed by atoms with Gasteiger partial charge < -0.3 is 18.8 Å². The standard InChI is InChI=1S/C24H29N2O3/c1-25-13-11-18(12-14-25)26(2)20-16-23(29-21-8-6-5-7-19(20)21)17-9-10-22(27-3)24(15-17)28-4/h5-10,15-16,18H,11-14H2,1-4H3/q+1/p+1. The Labute approximate surface area is 171 Å². The van der Waals surface area contributed by atoms with Crippen LogP contribution in [0.15, 0.2) is 52.9 Å². The van der Waals surface area contributed by atoms with Crippen LogP contribution in [-0.2, 0) is 0 Å². The van der Waals surface area contributed by atoms with Crippen LogP contribution in [0.4, 0.5) is 0 Å². The Kier molecular flexibility index (Phi) is 5.58. The molecule has 0 saturated carbocycles. The third-order valence-corrected chi connectivity index (χ3v) is 6.06. The Morgan fingerprint density at radius 1 is 0.966 bits per heavy atom. The Balaban J connectivity index is 1.89. The Morgan fingerprint density at radius 2 is 1.69 bits per heavy atom. The van der Waals surface area contributed by atoms with Crippen LogP contribution in [-0.4, -0.2) is 47.4 Å². The number of hydrogen-bond donors (Lipinski definition) is 1. The number of methoxy groups -OCH3 is 2. The van der Waals surface area contributed by atoms with Gasteiger partial charge in [-0.15, -0.1) is 0 Å². The number of piperidine rings is 1. The van der Waals surface area contributed by atoms with E-state index < -0.39 is 0 Å². The molecule has 0 amide bonds. The van der Waals surface area contributed by atoms with Crippen molar-refractivity contribution in [1.82, 2.24) is 4.58 Å². The molecule has 152 valence electrons. The van der Waals surface area contributed by atoms with Gasteiger partial charge in [0.1, 0.15) is 18.4 Å². The van der Waals surface area contributed by atoms with Crippen molar-refractivity contribution in [2.45, 2.75) is 18.9 Å². The third kappa shape index (κ3) is 3.87. The van der Waals surface area contributed by atoms with Gasteiger partial charge in [0.05, 0.1) is 58.7 Å². The van der Waals surface area contributed by atoms with Crippen LogP contribution in [0, 0.1) is 0 Å². The number of nitrogens with zero attached hydrogens (tertiary/aromatic N) is 1. The molecular formula is C24H30N2O3+2. The SMILES string of the molecule is COc1ccc(-c2cc(=[N+](C)C3CC[NH+](C)CC3)c3ccccc3o2)cc1OC. The number of fused-ring (bicyclic) bond motifs is 1. The van der Waals surface area contributed by atoms with E-state index >= 15 is 0 Å². The minimum absolute atomic E-state index is 0.544. The molecule has 1 aliphatic heterocycles. The molecule has 2 heterocycles. The van der Waals surface area contributed by atoms with Crippen molar-refractivity contribution in [2.75, 3.05) is 41.4 Å². The van der Waals surface area contributed by atoms with Gasteiger partial charge in [-0.05, 0) is 30.3 Å². The van der Waals surface area contributed by atoms with Gasteiger partial charge in [-0.2, -0.15) is 0 Å². The molecule has 0 radical (unpaired) electrons. The van der Waals surface area contributed by atoms with Crippen molar-refractivity contribution in [3.8, 4) is 22.8 Å². The molecule has 1 saturated heterocycles. The molecule has 0 spiro atoms. The molecule has 4 rings (SSSR count). The lowest BCUT2D eigenvalue weighted by Crippen LogP contribution is -3.10. The number of quaternary nitrogens is 1. The smallest absolute Gasteiger partial charge is 0.214 e. The summed E-state index contributed by atoms with van der Waals surface area (Å²) in [7, 11) is 7.79. The van der Waals surface area contributed by atoms with E-state index in [-0.39, 0.29) is 0 Å². The van der Waals surface area contributed by atoms with Crippen LogP contribution in [0.25, 0.3) is 22.3 Å². The molecule has 2 aromatic carbocycles. The van der Waals surface area contributed by atoms with Crippen molar-refractivity contribution in [2.24, 2.45) is 0 Å². The van der Waals surface area contributed by atoms with Crippen LogP contribution >= 0.6 is 0 Å². The zero-order valence-corrected chi connectivity index (χ0v) is 17.7. The molecule has 3 aromatic rings. The minimum atomic E-state index is 0.544. The van der Waals surface area contributed by atoms with Crippen molar-refractivity contribution in [3.05, 3.63) is 53.9 Å². The summed E-state index contributed by atoms with van der Waals surface area (Å²) in [6, 6.07) is 16.9. The topological polar surface area (TPSA) is 39.0 Å². The summed E-state index contributed by atoms with van der Waals surface area (Å²) in [5.41, 5.74) is 1.86. The number of likely N-dealkylation sites (tertiary alicyclic amines) is 1. The van der Waals surface area contributed by atoms with Crippen molar-refractivity contribution < 1.29 is 18.8 Å². The predicted octanol–water partition coefficient (Wildman–Crippen LogP) is 2.20. The van der Waals surface area contributed by atoms with Gasteiger partial charge in [0, 0.05) is 5.56 Å². The number of hydrogen-bond acceptors (Lipinski definition) is 3. The van der Waals surface area contributed by atoms with Crippen LogP contribution < -0.4 is 24.3 Å². The quantitative estimate of drug-likeness (QED) is 0.690. The number of ether oxygens (including phenoxy) is 2. The lowest BCUT2D eigenvalue weighted by atomic mass is 10.0. The zero-order valence-electron chi connectivity index (χ0n) is 17.7. The van der Waals surface area contributed by atoms with Crippen molar-refractivity contribution in [1.29, 1.82) is 0 Å². The largest absolute Gasteiger partial charge is 0.493 e. The average Bonchev–Trinajstić information content (AvgIpc) is 2.77. The molecule has 1 aliphatic rings. The van der Waals surface area contributed by atoms with Gasteiger partial charge in [-0.25, -0.2) is 4.58 Å². The first-order valence-corrected chi connectivity index (χ1v) is 10.2. The summed E-state index contributed by atoms with van der Waals surface area (Å²) in [5.74, 6) is 2.23. The molecule has 0 aliphatic carbocycles. The number of benzene rings is 2. The molecular weight excluding hydrogens is 364 g/mol. The predicted molar refractivity (Wildman–Crippen MR) is 116 cm³/mol. The second-order valence-electron chi connectivity index (χ2n) is 7.86. The highest BCUT2D eigenvalue weighted by Gasteiger charge is 2.27. The van der Waals surface area contributed by atoms with Gasteiger partial charge in [-0.3, -0.25) is 0 Å². The van der Waals surface area contributed by atoms with Crippen LogP contribution in [0.1, 0.15) is 12.8 Å². The first-order valence-electron chi connectivity index (χ1n) is 10.2. The summed E-state index contributed by atoms with van der Waals surface area (Å²) >= 11 is 0. The Morgan fingerprint density at radius 3 is 2.41 bits per heavy atom. The van der Waals surface area contributed by atoms with Crippen molar-refractivity contribution >= 4 is 11.0 Å². The fraction of sp³-hybridized carbons (Fsp3) is 0.375. The van der Waals surface area contributed by atoms with E-state index in [4.69, 9.17) is 13.9 Å². The molecule has 1 aromatic heterocycles. The lowest BCUT2D eigenvalue weighted by Gasteiger charge is -2.23. The van der Waals surface area contributed by atoms with Crippen LogP contribution in [0.2, 0.25) is 0 Å². The number of para-hydroxylation sites is 1. The highest BCUT2D eigenvalue weighted by Crippen LogP contribution is 2.32. The van der Waals surface area contributed by atoms with E-state index in [1.54, 1.807) is 19.1 Å². The van der Waals surface area contributed by atoms with Crippen LogP contribution in [0.3, 0.4) is 0 Å². The van der Waals surface area contributed by atoms with Crippen molar-refractivity contribution in [3.63, 3.8) is 0 Å². The minimum Gasteiger partial charge on any atom is -0.493 e. The van der Waals surface area contributed by atoms with Gasteiger partial charge in [0.15, 0.2) is 17.5 Å². The van der Waals surface area contributed by atoms with Gasteiger partial charge in [-0.1, -0.05) is 12.1 Å². The first kappa shape index (κ1) is 19.5. The fourth-order valence-electron chi connectivity index (χ4n) is 4.22. The second kappa shape index (κ2) is 8.29. The summed E-state index contributed by atoms with van der Waals surface area (Å²) in [6.07, 6.45) is 2.41. The van der Waals surface area contributed by atoms with Gasteiger partial charge in [0.25, 0.3) is 0 Å². The van der Waals surface area contributed by atoms with Gasteiger partial charge in [0.2, 0.25) is 5.36 Å². The van der Waals surface area contributed by atoms with E-state index in [9.17, 15) is 0 Å². The summed E-state index contributed by atoms with van der Waals surface area (Å²) in [5, 5.41) is 2.35. The first-order chi connectivity index (χ1) is 14.1. The second-order valence-corrected chi connectivity index (χ2v) is 7.86. The molecule has 0 unspecified atom stereocenters. The average molecular weight is 395 g/mol. The monoisotopic (exact) mass is 394 g/mol. The van der Waals surface area contributed by atoms with E-state index in [1.807, 2.05) is 30.3 Å². The Hall–Kier alpha value is -2.79. The molecule has 0 bridgehead atoms. The zero-order chi connectivity index (χ0) is 20.4. The van der Waals surface area contributed by atoms with E-state index in [1.165, 1.54) is 31.3 Å². The maximum atomic E-state index is 6.29. The fourth-order valence-corrected chi connectivity index (χ4v) is 4.22. The molecule has 29 heavy (non-hydrogen) atoms. The molecule has 1 fully saturated rings. The maximum absolute atomic E-state index is 6.29. The molecule has 5 heteroatoms. The molecule has 5 nitrogen and oxygen atoms in total. The lowest BCUT2D eigenvalue weighted by molar-refractivity contribution is -0.885. The number of rotatable bonds is 4.